The van der Waals surface area contributed by atoms with Gasteiger partial charge in [-0.3, -0.25) is 0 Å². The Bertz CT molecular complexity index is 2360. The molecule has 682 valence electrons. The van der Waals surface area contributed by atoms with Crippen molar-refractivity contribution in [2.24, 2.45) is 0 Å². The number of nitrogens with zero attached hydrogens (tertiary/aromatic N) is 2. The van der Waals surface area contributed by atoms with Crippen LogP contribution in [0.25, 0.3) is 23.3 Å². The number of aryl methyl sites for hydroxylation is 2. The number of allylic oxidation sites excluding steroid dienone is 4. The molecule has 0 N–H and O–H groups in total. The molecule has 2 aromatic carbocycles. The summed E-state index contributed by atoms with van der Waals surface area (Å²) in [6.45, 7) is 16.1. The molecule has 0 heterocycles. The first-order valence-electron chi connectivity index (χ1n) is 53.7. The van der Waals surface area contributed by atoms with Gasteiger partial charge in [-0.1, -0.05) is 431 Å². The van der Waals surface area contributed by atoms with Gasteiger partial charge in [-0.05, 0) is 127 Å². The molecule has 117 heavy (non-hydrogen) atoms. The summed E-state index contributed by atoms with van der Waals surface area (Å²) in [5.41, 5.74) is 20.1. The quantitative estimate of drug-likeness (QED) is 0.0158. The van der Waals surface area contributed by atoms with Crippen molar-refractivity contribution in [1.82, 2.24) is 0 Å². The Hall–Kier alpha value is -2.52. The maximum absolute atomic E-state index is 9.67. The van der Waals surface area contributed by atoms with Gasteiger partial charge in [0.2, 0.25) is 0 Å². The Morgan fingerprint density at radius 3 is 0.718 bits per heavy atom. The molecule has 0 radical (unpaired) electrons. The van der Waals surface area contributed by atoms with Crippen LogP contribution >= 0.6 is 0 Å². The molecule has 0 aliphatic carbocycles. The zero-order valence-corrected chi connectivity index (χ0v) is 82.1. The summed E-state index contributed by atoms with van der Waals surface area (Å²) in [7, 11) is 0. The first kappa shape index (κ1) is 112. The van der Waals surface area contributed by atoms with Gasteiger partial charge >= 0.3 is 169 Å². The van der Waals surface area contributed by atoms with Gasteiger partial charge in [-0.25, -0.2) is 0 Å². The number of benzene rings is 2. The number of unbranched alkanes of at least 4 members (excludes halogenated alkanes) is 75. The molecular formula is C114H206N2Pd. The van der Waals surface area contributed by atoms with Gasteiger partial charge in [0.05, 0.1) is 6.08 Å². The first-order valence-corrected chi connectivity index (χ1v) is 55.9. The normalized spacial score (nSPS) is 11.9. The molecule has 0 bridgehead atoms. The van der Waals surface area contributed by atoms with Gasteiger partial charge in [0.1, 0.15) is 0 Å². The smallest absolute Gasteiger partial charge is 0.0654 e. The van der Waals surface area contributed by atoms with Gasteiger partial charge in [-0.15, -0.1) is 4.79 Å². The average Bonchev–Trinajstić information content (AvgIpc) is 0.794. The SMILES string of the molecule is CCCCCCCCCCCCCCCCCCCCCCC=Cc1cc(C=CCCCCCCCCCCCCCCCCCCCCCC)cc(C(=C(C=C=[N+]=[N-])CCCC)c2cc(CCCC)cc(CCCC)c2)c1.CCCCCCCCCCCCCCCCCC[CH2][Pd][CH2]CCCCCCCCCCCCCCCCCC. The Kier molecular flexibility index (Phi) is 92.0. The van der Waals surface area contributed by atoms with Crippen LogP contribution in [-0.2, 0) is 30.8 Å². The third-order valence-corrected chi connectivity index (χ3v) is 27.6. The van der Waals surface area contributed by atoms with E-state index < -0.39 is 0 Å². The fraction of sp³-hybridized carbons (Fsp3) is 0.825. The van der Waals surface area contributed by atoms with Crippen molar-refractivity contribution >= 4 is 23.6 Å². The van der Waals surface area contributed by atoms with E-state index in [2.05, 4.69) is 120 Å². The minimum Gasteiger partial charge on any atom is -0.0654 e. The zero-order valence-electron chi connectivity index (χ0n) is 80.6. The van der Waals surface area contributed by atoms with E-state index in [-0.39, 0.29) is 0 Å². The van der Waals surface area contributed by atoms with E-state index in [1.807, 2.05) is 6.08 Å². The molecule has 0 unspecified atom stereocenters. The van der Waals surface area contributed by atoms with Crippen LogP contribution in [0.15, 0.2) is 60.2 Å². The van der Waals surface area contributed by atoms with Crippen molar-refractivity contribution in [3.63, 3.8) is 0 Å². The fourth-order valence-electron chi connectivity index (χ4n) is 17.6. The van der Waals surface area contributed by atoms with Crippen LogP contribution in [0.3, 0.4) is 0 Å². The standard InChI is InChI=1S/C76H128N2.2C19H39.Pd/c1-6-11-16-18-20-22-24-26-28-30-32-34-36-38-40-42-44-46-48-50-52-54-58-71-64-72(59-55-53-51-49-47-45-43-41-39-37-35-33-31-29-27-25-23-21-19-17-12-7-2)68-75(67-71)76(73(60-15-10-5)61-62-78-77)74-65-69(56-13-8-3)63-70(66-74)57-14-9-4;2*1-3-5-7-9-11-13-15-17-19-18-16-14-12-10-8-6-4-2;/h54-55,58-59,61,63-68H,6-53,56-57,60H2,1-5H3;2*1,3-19H2,2H3;. The van der Waals surface area contributed by atoms with Crippen molar-refractivity contribution in [2.45, 2.75) is 604 Å². The molecule has 0 atom stereocenters. The van der Waals surface area contributed by atoms with Crippen LogP contribution in [0, 0.1) is 0 Å². The van der Waals surface area contributed by atoms with Crippen LogP contribution in [0.4, 0.5) is 0 Å². The Labute approximate surface area is 744 Å². The van der Waals surface area contributed by atoms with Crippen molar-refractivity contribution in [2.75, 3.05) is 0 Å². The summed E-state index contributed by atoms with van der Waals surface area (Å²) in [4.78, 5) is 6.47. The predicted molar refractivity (Wildman–Crippen MR) is 530 cm³/mol. The molecule has 3 heteroatoms. The van der Waals surface area contributed by atoms with Gasteiger partial charge in [0, 0.05) is 0 Å². The Morgan fingerprint density at radius 2 is 0.479 bits per heavy atom. The van der Waals surface area contributed by atoms with Crippen LogP contribution in [-0.4, -0.2) is 10.7 Å². The van der Waals surface area contributed by atoms with Gasteiger partial charge in [0.25, 0.3) is 5.87 Å². The summed E-state index contributed by atoms with van der Waals surface area (Å²) in [5.74, 6) is 2.86. The van der Waals surface area contributed by atoms with Gasteiger partial charge < -0.3 is 5.53 Å². The summed E-state index contributed by atoms with van der Waals surface area (Å²) >= 11 is 1.06. The van der Waals surface area contributed by atoms with E-state index in [1.165, 1.54) is 545 Å². The summed E-state index contributed by atoms with van der Waals surface area (Å²) < 4.78 is 0. The molecule has 0 aliphatic heterocycles. The van der Waals surface area contributed by atoms with Crippen LogP contribution in [0.2, 0.25) is 9.79 Å². The van der Waals surface area contributed by atoms with E-state index in [4.69, 9.17) is 0 Å². The average molecular weight is 1710 g/mol. The molecule has 0 amide bonds. The monoisotopic (exact) mass is 1710 g/mol. The summed E-state index contributed by atoms with van der Waals surface area (Å²) in [5, 5.41) is 0. The topological polar surface area (TPSA) is 36.4 Å². The van der Waals surface area contributed by atoms with Gasteiger partial charge in [-0.2, -0.15) is 0 Å². The van der Waals surface area contributed by atoms with Crippen LogP contribution in [0.5, 0.6) is 0 Å². The second-order valence-electron chi connectivity index (χ2n) is 37.1. The first-order chi connectivity index (χ1) is 58.0. The second kappa shape index (κ2) is 95.7. The van der Waals surface area contributed by atoms with Crippen molar-refractivity contribution in [3.05, 3.63) is 99.1 Å². The molecule has 0 saturated heterocycles. The van der Waals surface area contributed by atoms with Gasteiger partial charge in [0.15, 0.2) is 0 Å². The zero-order chi connectivity index (χ0) is 84.0. The van der Waals surface area contributed by atoms with Crippen LogP contribution in [0.1, 0.15) is 615 Å². The van der Waals surface area contributed by atoms with E-state index in [0.717, 1.165) is 62.9 Å². The third-order valence-electron chi connectivity index (χ3n) is 25.4. The molecule has 0 saturated carbocycles. The molecule has 0 spiro atoms. The number of hydrogen-bond acceptors (Lipinski definition) is 0. The molecule has 2 aromatic rings. The van der Waals surface area contributed by atoms with Crippen molar-refractivity contribution in [1.29, 1.82) is 0 Å². The fourth-order valence-corrected chi connectivity index (χ4v) is 19.5. The Morgan fingerprint density at radius 1 is 0.256 bits per heavy atom. The van der Waals surface area contributed by atoms with Crippen LogP contribution < -0.4 is 0 Å². The van der Waals surface area contributed by atoms with E-state index in [9.17, 15) is 5.53 Å². The molecule has 2 rings (SSSR count). The van der Waals surface area contributed by atoms with E-state index in [1.54, 1.807) is 9.79 Å². The number of hydrogen-bond donors (Lipinski definition) is 0. The third kappa shape index (κ3) is 79.2. The molecule has 2 nitrogen and oxygen atoms in total. The molecular weight excluding hydrogens is 1500 g/mol. The molecule has 0 fully saturated rings. The minimum absolute atomic E-state index is 0.919. The summed E-state index contributed by atoms with van der Waals surface area (Å²) in [6.07, 6.45) is 131. The van der Waals surface area contributed by atoms with Crippen molar-refractivity contribution < 1.29 is 22.8 Å². The minimum atomic E-state index is 0.919. The molecule has 0 aliphatic rings. The second-order valence-corrected chi connectivity index (χ2v) is 39.4. The summed E-state index contributed by atoms with van der Waals surface area (Å²) in [6, 6.07) is 14.7. The molecule has 0 aromatic heterocycles. The number of rotatable bonds is 92. The Balaban J connectivity index is 0.00000147. The predicted octanol–water partition coefficient (Wildman–Crippen LogP) is 41.5. The van der Waals surface area contributed by atoms with E-state index >= 15 is 0 Å². The van der Waals surface area contributed by atoms with Crippen molar-refractivity contribution in [3.8, 4) is 0 Å². The van der Waals surface area contributed by atoms with E-state index in [0.29, 0.717) is 0 Å². The maximum atomic E-state index is 9.67.